The average Bonchev–Trinajstić information content (AvgIpc) is 2.57. The second-order valence-electron chi connectivity index (χ2n) is 7.12. The van der Waals surface area contributed by atoms with Crippen LogP contribution in [-0.4, -0.2) is 48.1 Å². The molecule has 0 bridgehead atoms. The lowest BCUT2D eigenvalue weighted by Gasteiger charge is -2.25. The zero-order valence-corrected chi connectivity index (χ0v) is 15.2. The minimum Gasteiger partial charge on any atom is -0.508 e. The van der Waals surface area contributed by atoms with E-state index in [-0.39, 0.29) is 59.2 Å². The maximum atomic E-state index is 12.5. The van der Waals surface area contributed by atoms with Crippen LogP contribution in [0.5, 0.6) is 23.0 Å². The molecule has 0 amide bonds. The molecule has 0 aromatic heterocycles. The second-order valence-corrected chi connectivity index (χ2v) is 7.12. The van der Waals surface area contributed by atoms with E-state index in [4.69, 9.17) is 0 Å². The van der Waals surface area contributed by atoms with Crippen LogP contribution in [-0.2, 0) is 12.8 Å². The maximum absolute atomic E-state index is 12.5. The number of aliphatic hydroxyl groups excluding tert-OH is 1. The van der Waals surface area contributed by atoms with Crippen LogP contribution < -0.4 is 0 Å². The molecular weight excluding hydrogens is 352 g/mol. The topological polar surface area (TPSA) is 138 Å². The largest absolute Gasteiger partial charge is 0.508 e. The van der Waals surface area contributed by atoms with Gasteiger partial charge in [0.25, 0.3) is 0 Å². The van der Waals surface area contributed by atoms with E-state index in [2.05, 4.69) is 0 Å². The maximum Gasteiger partial charge on any atom is 0.166 e. The number of carbonyl (C=O) groups is 1. The van der Waals surface area contributed by atoms with Crippen LogP contribution in [0.4, 0.5) is 0 Å². The lowest BCUT2D eigenvalue weighted by Crippen LogP contribution is -2.37. The third-order valence-electron chi connectivity index (χ3n) is 4.41. The highest BCUT2D eigenvalue weighted by atomic mass is 16.3. The summed E-state index contributed by atoms with van der Waals surface area (Å²) < 4.78 is 0. The number of ketones is 1. The normalized spacial score (nSPS) is 12.7. The number of phenolic OH excluding ortho intramolecular Hbond substituents is 4. The summed E-state index contributed by atoms with van der Waals surface area (Å²) in [5.74, 6) is -1.59. The lowest BCUT2D eigenvalue weighted by molar-refractivity contribution is -0.0471. The molecule has 0 saturated heterocycles. The molecule has 0 spiro atoms. The SMILES string of the molecule is CC(C)(O)[C@@H](O)Cc1cc(C(=O)CCc2ccc(O)c(O)c2)c(O)cc1O. The number of hydrogen-bond donors (Lipinski definition) is 6. The van der Waals surface area contributed by atoms with Gasteiger partial charge in [-0.2, -0.15) is 0 Å². The van der Waals surface area contributed by atoms with Gasteiger partial charge >= 0.3 is 0 Å². The molecule has 2 aromatic carbocycles. The van der Waals surface area contributed by atoms with Crippen LogP contribution in [0.3, 0.4) is 0 Å². The van der Waals surface area contributed by atoms with Crippen molar-refractivity contribution in [3.63, 3.8) is 0 Å². The highest BCUT2D eigenvalue weighted by molar-refractivity contribution is 5.99. The molecule has 0 radical (unpaired) electrons. The number of aryl methyl sites for hydroxylation is 1. The zero-order chi connectivity index (χ0) is 20.4. The van der Waals surface area contributed by atoms with Gasteiger partial charge in [-0.05, 0) is 49.6 Å². The fraction of sp³-hybridized carbons (Fsp3) is 0.350. The minimum atomic E-state index is -1.39. The Hall–Kier alpha value is -2.77. The summed E-state index contributed by atoms with van der Waals surface area (Å²) in [6.45, 7) is 2.85. The summed E-state index contributed by atoms with van der Waals surface area (Å²) in [4.78, 5) is 12.5. The predicted octanol–water partition coefficient (Wildman–Crippen LogP) is 2.00. The number of benzene rings is 2. The van der Waals surface area contributed by atoms with Crippen LogP contribution in [0.2, 0.25) is 0 Å². The summed E-state index contributed by atoms with van der Waals surface area (Å²) in [6.07, 6.45) is -0.970. The molecule has 1 atom stereocenters. The molecule has 0 fully saturated rings. The van der Waals surface area contributed by atoms with E-state index in [0.717, 1.165) is 6.07 Å². The van der Waals surface area contributed by atoms with Crippen LogP contribution >= 0.6 is 0 Å². The van der Waals surface area contributed by atoms with Gasteiger partial charge in [0.15, 0.2) is 17.3 Å². The second kappa shape index (κ2) is 7.85. The molecule has 0 aliphatic heterocycles. The molecule has 2 aromatic rings. The number of carbonyl (C=O) groups excluding carboxylic acids is 1. The number of aliphatic hydroxyl groups is 2. The monoisotopic (exact) mass is 376 g/mol. The van der Waals surface area contributed by atoms with Crippen molar-refractivity contribution < 1.29 is 35.4 Å². The van der Waals surface area contributed by atoms with Crippen LogP contribution in [0.15, 0.2) is 30.3 Å². The Balaban J connectivity index is 2.17. The van der Waals surface area contributed by atoms with Gasteiger partial charge in [-0.3, -0.25) is 4.79 Å². The van der Waals surface area contributed by atoms with Crippen molar-refractivity contribution in [2.24, 2.45) is 0 Å². The van der Waals surface area contributed by atoms with Crippen molar-refractivity contribution in [2.75, 3.05) is 0 Å². The minimum absolute atomic E-state index is 0.00579. The highest BCUT2D eigenvalue weighted by Crippen LogP contribution is 2.31. The summed E-state index contributed by atoms with van der Waals surface area (Å²) >= 11 is 0. The first-order chi connectivity index (χ1) is 12.5. The molecule has 0 unspecified atom stereocenters. The van der Waals surface area contributed by atoms with Gasteiger partial charge in [0.2, 0.25) is 0 Å². The Morgan fingerprint density at radius 2 is 1.63 bits per heavy atom. The molecule has 0 saturated carbocycles. The van der Waals surface area contributed by atoms with E-state index in [0.29, 0.717) is 5.56 Å². The predicted molar refractivity (Wildman–Crippen MR) is 98.2 cm³/mol. The van der Waals surface area contributed by atoms with Gasteiger partial charge in [0, 0.05) is 18.9 Å². The summed E-state index contributed by atoms with van der Waals surface area (Å²) in [6, 6.07) is 6.58. The van der Waals surface area contributed by atoms with Gasteiger partial charge in [-0.15, -0.1) is 0 Å². The zero-order valence-electron chi connectivity index (χ0n) is 15.2. The fourth-order valence-electron chi connectivity index (χ4n) is 2.58. The Morgan fingerprint density at radius 1 is 0.963 bits per heavy atom. The van der Waals surface area contributed by atoms with E-state index in [1.54, 1.807) is 6.07 Å². The smallest absolute Gasteiger partial charge is 0.166 e. The van der Waals surface area contributed by atoms with Gasteiger partial charge in [0.05, 0.1) is 17.3 Å². The van der Waals surface area contributed by atoms with Gasteiger partial charge in [-0.1, -0.05) is 6.07 Å². The molecule has 0 aliphatic carbocycles. The van der Waals surface area contributed by atoms with Crippen molar-refractivity contribution in [2.45, 2.75) is 44.8 Å². The average molecular weight is 376 g/mol. The van der Waals surface area contributed by atoms with Crippen molar-refractivity contribution in [1.82, 2.24) is 0 Å². The molecule has 0 aliphatic rings. The Kier molecular flexibility index (Phi) is 5.98. The molecule has 7 nitrogen and oxygen atoms in total. The van der Waals surface area contributed by atoms with Gasteiger partial charge in [0.1, 0.15) is 11.5 Å². The van der Waals surface area contributed by atoms with Crippen LogP contribution in [0.25, 0.3) is 0 Å². The molecule has 2 rings (SSSR count). The Morgan fingerprint density at radius 3 is 2.22 bits per heavy atom. The van der Waals surface area contributed by atoms with Crippen molar-refractivity contribution in [3.05, 3.63) is 47.0 Å². The quantitative estimate of drug-likeness (QED) is 0.321. The lowest BCUT2D eigenvalue weighted by atomic mass is 9.92. The number of rotatable bonds is 7. The fourth-order valence-corrected chi connectivity index (χ4v) is 2.58. The number of hydrogen-bond acceptors (Lipinski definition) is 7. The molecule has 0 heterocycles. The summed E-state index contributed by atoms with van der Waals surface area (Å²) in [7, 11) is 0. The molecule has 27 heavy (non-hydrogen) atoms. The molecule has 7 heteroatoms. The van der Waals surface area contributed by atoms with Crippen LogP contribution in [0.1, 0.15) is 41.8 Å². The first-order valence-electron chi connectivity index (χ1n) is 8.48. The Bertz CT molecular complexity index is 837. The van der Waals surface area contributed by atoms with E-state index >= 15 is 0 Å². The first kappa shape index (κ1) is 20.5. The first-order valence-corrected chi connectivity index (χ1v) is 8.48. The van der Waals surface area contributed by atoms with Crippen molar-refractivity contribution >= 4 is 5.78 Å². The number of aromatic hydroxyl groups is 4. The van der Waals surface area contributed by atoms with Crippen molar-refractivity contribution in [1.29, 1.82) is 0 Å². The molecule has 146 valence electrons. The van der Waals surface area contributed by atoms with E-state index in [9.17, 15) is 35.4 Å². The number of Topliss-reactive ketones (excluding diaryl/α,β-unsaturated/α-hetero) is 1. The van der Waals surface area contributed by atoms with Gasteiger partial charge < -0.3 is 30.6 Å². The Labute approximate surface area is 156 Å². The molecular formula is C20H24O7. The standard InChI is InChI=1S/C20H24O7/c1-20(2,27)19(26)9-12-8-13(17(24)10-16(12)23)14(21)5-3-11-4-6-15(22)18(25)7-11/h4,6-8,10,19,22-27H,3,5,9H2,1-2H3/t19-/m0/s1. The van der Waals surface area contributed by atoms with E-state index in [1.807, 2.05) is 0 Å². The molecule has 6 N–H and O–H groups in total. The van der Waals surface area contributed by atoms with E-state index < -0.39 is 11.7 Å². The number of phenols is 4. The van der Waals surface area contributed by atoms with E-state index in [1.165, 1.54) is 32.0 Å². The van der Waals surface area contributed by atoms with Gasteiger partial charge in [-0.25, -0.2) is 0 Å². The third-order valence-corrected chi connectivity index (χ3v) is 4.41. The summed E-state index contributed by atoms with van der Waals surface area (Å²) in [5.41, 5.74) is -0.536. The summed E-state index contributed by atoms with van der Waals surface area (Å²) in [5, 5.41) is 58.6. The van der Waals surface area contributed by atoms with Crippen LogP contribution in [0, 0.1) is 0 Å². The third kappa shape index (κ3) is 5.12. The van der Waals surface area contributed by atoms with Crippen molar-refractivity contribution in [3.8, 4) is 23.0 Å². The highest BCUT2D eigenvalue weighted by Gasteiger charge is 2.26.